The van der Waals surface area contributed by atoms with Crippen molar-refractivity contribution in [3.05, 3.63) is 60.8 Å². The molecular formula is C24H29N3O5S2. The number of phenolic OH excluding ortho intramolecular Hbond substituents is 1. The van der Waals surface area contributed by atoms with Gasteiger partial charge in [-0.1, -0.05) is 6.07 Å². The highest BCUT2D eigenvalue weighted by atomic mass is 32.2. The maximum Gasteiger partial charge on any atom is 0.252 e. The van der Waals surface area contributed by atoms with E-state index in [2.05, 4.69) is 10.3 Å². The fourth-order valence-corrected chi connectivity index (χ4v) is 6.74. The molecule has 0 radical (unpaired) electrons. The summed E-state index contributed by atoms with van der Waals surface area (Å²) in [6.45, 7) is 2.22. The first-order valence-corrected chi connectivity index (χ1v) is 13.5. The van der Waals surface area contributed by atoms with Crippen molar-refractivity contribution in [1.29, 1.82) is 0 Å². The molecule has 1 fully saturated rings. The lowest BCUT2D eigenvalue weighted by atomic mass is 9.98. The van der Waals surface area contributed by atoms with E-state index in [4.69, 9.17) is 4.74 Å². The number of aromatic hydroxyl groups is 1. The molecule has 3 N–H and O–H groups in total. The van der Waals surface area contributed by atoms with Crippen LogP contribution >= 0.6 is 11.3 Å². The van der Waals surface area contributed by atoms with Crippen molar-refractivity contribution in [2.75, 3.05) is 32.8 Å². The monoisotopic (exact) mass is 503 g/mol. The Morgan fingerprint density at radius 1 is 1.12 bits per heavy atom. The van der Waals surface area contributed by atoms with Crippen LogP contribution < -0.4 is 10.1 Å². The summed E-state index contributed by atoms with van der Waals surface area (Å²) in [4.78, 5) is 5.14. The van der Waals surface area contributed by atoms with Crippen LogP contribution in [0.25, 0.3) is 10.6 Å². The number of benzene rings is 1. The zero-order valence-corrected chi connectivity index (χ0v) is 20.3. The number of piperidine rings is 1. The van der Waals surface area contributed by atoms with Gasteiger partial charge in [0.2, 0.25) is 0 Å². The van der Waals surface area contributed by atoms with Crippen LogP contribution in [0.15, 0.2) is 65.0 Å². The minimum Gasteiger partial charge on any atom is -0.508 e. The summed E-state index contributed by atoms with van der Waals surface area (Å²) in [6.07, 6.45) is 2.57. The summed E-state index contributed by atoms with van der Waals surface area (Å²) >= 11 is 1.25. The van der Waals surface area contributed by atoms with Crippen LogP contribution in [0, 0.1) is 5.92 Å². The van der Waals surface area contributed by atoms with Crippen molar-refractivity contribution < 1.29 is 23.4 Å². The standard InChI is InChI=1S/C24H29N3O5S2/c28-19-4-6-21(7-5-19)32-17-20(29)16-25-15-18-10-13-27(14-11-18)34(30,31)24-9-8-23(33-24)22-3-1-2-12-26-22/h1-9,12,18,20,25,28-29H,10-11,13-17H2/t20-/m0/s1. The van der Waals surface area contributed by atoms with E-state index < -0.39 is 16.1 Å². The fraction of sp³-hybridized carbons (Fsp3) is 0.375. The van der Waals surface area contributed by atoms with Crippen LogP contribution in [-0.2, 0) is 10.0 Å². The largest absolute Gasteiger partial charge is 0.508 e. The molecule has 1 atom stereocenters. The van der Waals surface area contributed by atoms with Gasteiger partial charge >= 0.3 is 0 Å². The Labute approximate surface area is 203 Å². The van der Waals surface area contributed by atoms with Gasteiger partial charge in [0.05, 0.1) is 10.6 Å². The molecule has 0 saturated carbocycles. The van der Waals surface area contributed by atoms with E-state index >= 15 is 0 Å². The second kappa shape index (κ2) is 11.3. The summed E-state index contributed by atoms with van der Waals surface area (Å²) in [6, 6.07) is 15.4. The van der Waals surface area contributed by atoms with Crippen molar-refractivity contribution in [2.45, 2.75) is 23.2 Å². The Hall–Kier alpha value is -2.50. The van der Waals surface area contributed by atoms with E-state index in [1.807, 2.05) is 24.3 Å². The van der Waals surface area contributed by atoms with Gasteiger partial charge in [-0.25, -0.2) is 8.42 Å². The zero-order chi connectivity index (χ0) is 24.0. The molecule has 1 aliphatic rings. The van der Waals surface area contributed by atoms with Crippen molar-refractivity contribution in [3.63, 3.8) is 0 Å². The molecule has 3 aromatic rings. The van der Waals surface area contributed by atoms with Crippen LogP contribution in [0.3, 0.4) is 0 Å². The predicted octanol–water partition coefficient (Wildman–Crippen LogP) is 2.95. The van der Waals surface area contributed by atoms with Gasteiger partial charge in [-0.3, -0.25) is 4.98 Å². The van der Waals surface area contributed by atoms with Crippen molar-refractivity contribution in [3.8, 4) is 22.1 Å². The third-order valence-electron chi connectivity index (χ3n) is 5.76. The van der Waals surface area contributed by atoms with E-state index in [-0.39, 0.29) is 12.4 Å². The van der Waals surface area contributed by atoms with Gasteiger partial charge in [-0.15, -0.1) is 11.3 Å². The average molecular weight is 504 g/mol. The molecule has 182 valence electrons. The van der Waals surface area contributed by atoms with Gasteiger partial charge in [-0.2, -0.15) is 4.31 Å². The minimum atomic E-state index is -3.51. The molecule has 2 aromatic heterocycles. The van der Waals surface area contributed by atoms with E-state index in [1.165, 1.54) is 23.5 Å². The van der Waals surface area contributed by atoms with Gasteiger partial charge in [0, 0.05) is 25.8 Å². The second-order valence-electron chi connectivity index (χ2n) is 8.30. The van der Waals surface area contributed by atoms with Crippen LogP contribution in [0.5, 0.6) is 11.5 Å². The number of aliphatic hydroxyl groups excluding tert-OH is 1. The second-order valence-corrected chi connectivity index (χ2v) is 11.5. The predicted molar refractivity (Wildman–Crippen MR) is 132 cm³/mol. The summed E-state index contributed by atoms with van der Waals surface area (Å²) in [7, 11) is -3.51. The van der Waals surface area contributed by atoms with Gasteiger partial charge in [0.15, 0.2) is 0 Å². The number of pyridine rings is 1. The molecule has 8 nitrogen and oxygen atoms in total. The van der Waals surface area contributed by atoms with E-state index in [0.717, 1.165) is 23.4 Å². The Kier molecular flexibility index (Phi) is 8.17. The van der Waals surface area contributed by atoms with E-state index in [0.29, 0.717) is 42.1 Å². The molecular weight excluding hydrogens is 474 g/mol. The molecule has 10 heteroatoms. The number of sulfonamides is 1. The highest BCUT2D eigenvalue weighted by Gasteiger charge is 2.30. The van der Waals surface area contributed by atoms with Crippen molar-refractivity contribution in [2.24, 2.45) is 5.92 Å². The molecule has 0 bridgehead atoms. The molecule has 4 rings (SSSR count). The quantitative estimate of drug-likeness (QED) is 0.390. The van der Waals surface area contributed by atoms with E-state index in [9.17, 15) is 18.6 Å². The summed E-state index contributed by atoms with van der Waals surface area (Å²) in [5.41, 5.74) is 0.773. The number of thiophene rings is 1. The van der Waals surface area contributed by atoms with Crippen molar-refractivity contribution >= 4 is 21.4 Å². The zero-order valence-electron chi connectivity index (χ0n) is 18.7. The molecule has 0 amide bonds. The number of aromatic nitrogens is 1. The molecule has 0 spiro atoms. The van der Waals surface area contributed by atoms with Crippen LogP contribution in [0.1, 0.15) is 12.8 Å². The Morgan fingerprint density at radius 2 is 1.88 bits per heavy atom. The molecule has 34 heavy (non-hydrogen) atoms. The third-order valence-corrected chi connectivity index (χ3v) is 9.23. The molecule has 0 aliphatic carbocycles. The molecule has 1 aromatic carbocycles. The van der Waals surface area contributed by atoms with Gasteiger partial charge in [-0.05, 0) is 73.8 Å². The average Bonchev–Trinajstić information content (AvgIpc) is 3.36. The Balaban J connectivity index is 1.19. The lowest BCUT2D eigenvalue weighted by Crippen LogP contribution is -2.41. The first-order chi connectivity index (χ1) is 16.4. The first kappa shape index (κ1) is 24.6. The number of nitrogens with zero attached hydrogens (tertiary/aromatic N) is 2. The highest BCUT2D eigenvalue weighted by molar-refractivity contribution is 7.91. The summed E-state index contributed by atoms with van der Waals surface area (Å²) < 4.78 is 33.6. The maximum atomic E-state index is 13.1. The summed E-state index contributed by atoms with van der Waals surface area (Å²) in [5.74, 6) is 1.10. The van der Waals surface area contributed by atoms with Crippen LogP contribution in [0.4, 0.5) is 0 Å². The number of rotatable bonds is 10. The van der Waals surface area contributed by atoms with E-state index in [1.54, 1.807) is 28.7 Å². The number of hydrogen-bond donors (Lipinski definition) is 3. The summed E-state index contributed by atoms with van der Waals surface area (Å²) in [5, 5.41) is 22.7. The van der Waals surface area contributed by atoms with Gasteiger partial charge in [0.1, 0.15) is 28.4 Å². The molecule has 1 aliphatic heterocycles. The van der Waals surface area contributed by atoms with Gasteiger partial charge in [0.25, 0.3) is 10.0 Å². The van der Waals surface area contributed by atoms with Crippen LogP contribution in [-0.4, -0.2) is 66.8 Å². The maximum absolute atomic E-state index is 13.1. The lowest BCUT2D eigenvalue weighted by molar-refractivity contribution is 0.104. The van der Waals surface area contributed by atoms with Gasteiger partial charge < -0.3 is 20.3 Å². The lowest BCUT2D eigenvalue weighted by Gasteiger charge is -2.31. The SMILES string of the molecule is O=S(=O)(c1ccc(-c2ccccn2)s1)N1CCC(CNC[C@H](O)COc2ccc(O)cc2)CC1. The first-order valence-electron chi connectivity index (χ1n) is 11.2. The Morgan fingerprint density at radius 3 is 2.59 bits per heavy atom. The third kappa shape index (κ3) is 6.34. The molecule has 1 saturated heterocycles. The number of hydrogen-bond acceptors (Lipinski definition) is 8. The number of aliphatic hydroxyl groups is 1. The normalized spacial score (nSPS) is 16.4. The Bertz CT molecular complexity index is 1140. The number of phenols is 1. The molecule has 0 unspecified atom stereocenters. The van der Waals surface area contributed by atoms with Crippen molar-refractivity contribution in [1.82, 2.24) is 14.6 Å². The molecule has 3 heterocycles. The smallest absolute Gasteiger partial charge is 0.252 e. The number of ether oxygens (including phenoxy) is 1. The number of nitrogens with one attached hydrogen (secondary N) is 1. The van der Waals surface area contributed by atoms with Crippen LogP contribution in [0.2, 0.25) is 0 Å². The minimum absolute atomic E-state index is 0.149. The topological polar surface area (TPSA) is 112 Å². The fourth-order valence-electron chi connectivity index (χ4n) is 3.83. The highest BCUT2D eigenvalue weighted by Crippen LogP contribution is 2.32.